The summed E-state index contributed by atoms with van der Waals surface area (Å²) < 4.78 is 10.4. The van der Waals surface area contributed by atoms with E-state index in [9.17, 15) is 4.79 Å². The average Bonchev–Trinajstić information content (AvgIpc) is 2.73. The first-order chi connectivity index (χ1) is 13.2. The third kappa shape index (κ3) is 4.73. The van der Waals surface area contributed by atoms with Crippen molar-refractivity contribution in [1.82, 2.24) is 4.98 Å². The first-order valence-electron chi connectivity index (χ1n) is 8.41. The number of hydrogen-bond donors (Lipinski definition) is 1. The van der Waals surface area contributed by atoms with E-state index in [2.05, 4.69) is 10.3 Å². The summed E-state index contributed by atoms with van der Waals surface area (Å²) in [4.78, 5) is 16.6. The van der Waals surface area contributed by atoms with Crippen LogP contribution in [-0.4, -0.2) is 25.1 Å². The molecule has 0 saturated carbocycles. The lowest BCUT2D eigenvalue weighted by Crippen LogP contribution is -2.09. The summed E-state index contributed by atoms with van der Waals surface area (Å²) in [5.74, 6) is 1.28. The van der Waals surface area contributed by atoms with Crippen molar-refractivity contribution in [2.24, 2.45) is 0 Å². The summed E-state index contributed by atoms with van der Waals surface area (Å²) >= 11 is 0. The van der Waals surface area contributed by atoms with Crippen molar-refractivity contribution in [3.63, 3.8) is 0 Å². The lowest BCUT2D eigenvalue weighted by molar-refractivity contribution is -0.111. The van der Waals surface area contributed by atoms with E-state index in [0.717, 1.165) is 28.2 Å². The maximum Gasteiger partial charge on any atom is 0.249 e. The molecule has 0 saturated heterocycles. The van der Waals surface area contributed by atoms with Gasteiger partial charge >= 0.3 is 0 Å². The van der Waals surface area contributed by atoms with Gasteiger partial charge in [-0.15, -0.1) is 0 Å². The molecule has 1 N–H and O–H groups in total. The van der Waals surface area contributed by atoms with Crippen molar-refractivity contribution < 1.29 is 14.3 Å². The maximum atomic E-state index is 12.6. The Hall–Kier alpha value is -3.60. The molecule has 27 heavy (non-hydrogen) atoms. The van der Waals surface area contributed by atoms with Gasteiger partial charge in [-0.05, 0) is 53.1 Å². The number of nitrogens with zero attached hydrogens (tertiary/aromatic N) is 1. The van der Waals surface area contributed by atoms with Crippen LogP contribution in [0.2, 0.25) is 0 Å². The Morgan fingerprint density at radius 3 is 1.89 bits per heavy atom. The summed E-state index contributed by atoms with van der Waals surface area (Å²) in [6.45, 7) is 0. The number of nitrogens with one attached hydrogen (secondary N) is 1. The monoisotopic (exact) mass is 360 g/mol. The molecular formula is C22H20N2O3. The van der Waals surface area contributed by atoms with E-state index in [1.165, 1.54) is 0 Å². The number of anilines is 1. The molecule has 0 aliphatic rings. The van der Waals surface area contributed by atoms with E-state index in [4.69, 9.17) is 9.47 Å². The van der Waals surface area contributed by atoms with Gasteiger partial charge in [-0.3, -0.25) is 9.78 Å². The molecule has 0 radical (unpaired) electrons. The Morgan fingerprint density at radius 1 is 0.889 bits per heavy atom. The Kier molecular flexibility index (Phi) is 5.84. The predicted octanol–water partition coefficient (Wildman–Crippen LogP) is 4.17. The van der Waals surface area contributed by atoms with Gasteiger partial charge in [-0.1, -0.05) is 24.3 Å². The third-order valence-electron chi connectivity index (χ3n) is 4.01. The second kappa shape index (κ2) is 8.67. The zero-order chi connectivity index (χ0) is 19.1. The van der Waals surface area contributed by atoms with Crippen LogP contribution in [0.1, 0.15) is 11.1 Å². The highest BCUT2D eigenvalue weighted by molar-refractivity contribution is 6.06. The molecule has 136 valence electrons. The van der Waals surface area contributed by atoms with Crippen molar-refractivity contribution >= 4 is 17.2 Å². The first kappa shape index (κ1) is 18.2. The molecule has 2 aromatic carbocycles. The fraction of sp³-hybridized carbons (Fsp3) is 0.0909. The smallest absolute Gasteiger partial charge is 0.249 e. The molecule has 5 nitrogen and oxygen atoms in total. The van der Waals surface area contributed by atoms with Crippen molar-refractivity contribution in [2.45, 2.75) is 0 Å². The summed E-state index contributed by atoms with van der Waals surface area (Å²) in [6.07, 6.45) is 4.84. The minimum Gasteiger partial charge on any atom is -0.497 e. The molecule has 0 spiro atoms. The average molecular weight is 360 g/mol. The number of ether oxygens (including phenoxy) is 2. The van der Waals surface area contributed by atoms with Gasteiger partial charge in [0, 0.05) is 12.3 Å². The standard InChI is InChI=1S/C22H20N2O3/c1-26-19-9-5-16(6-10-19)21(17-7-11-20(27-2)12-8-17)14-22(25)24-18-4-3-13-23-15-18/h3-15H,1-2H3,(H,24,25). The minimum absolute atomic E-state index is 0.232. The quantitative estimate of drug-likeness (QED) is 0.670. The molecular weight excluding hydrogens is 340 g/mol. The van der Waals surface area contributed by atoms with E-state index < -0.39 is 0 Å². The van der Waals surface area contributed by atoms with E-state index in [1.807, 2.05) is 48.5 Å². The van der Waals surface area contributed by atoms with Crippen molar-refractivity contribution in [3.8, 4) is 11.5 Å². The fourth-order valence-electron chi connectivity index (χ4n) is 2.62. The lowest BCUT2D eigenvalue weighted by atomic mass is 9.97. The van der Waals surface area contributed by atoms with Crippen LogP contribution in [0.15, 0.2) is 79.1 Å². The lowest BCUT2D eigenvalue weighted by Gasteiger charge is -2.11. The first-order valence-corrected chi connectivity index (χ1v) is 8.41. The SMILES string of the molecule is COc1ccc(C(=CC(=O)Nc2cccnc2)c2ccc(OC)cc2)cc1. The van der Waals surface area contributed by atoms with Gasteiger partial charge in [0.25, 0.3) is 0 Å². The summed E-state index contributed by atoms with van der Waals surface area (Å²) in [5.41, 5.74) is 3.24. The number of amides is 1. The number of rotatable bonds is 6. The number of methoxy groups -OCH3 is 2. The second-order valence-corrected chi connectivity index (χ2v) is 5.75. The van der Waals surface area contributed by atoms with E-state index in [-0.39, 0.29) is 5.91 Å². The van der Waals surface area contributed by atoms with Crippen LogP contribution in [0.4, 0.5) is 5.69 Å². The number of pyridine rings is 1. The molecule has 0 unspecified atom stereocenters. The van der Waals surface area contributed by atoms with Gasteiger partial charge in [0.1, 0.15) is 11.5 Å². The van der Waals surface area contributed by atoms with Crippen LogP contribution < -0.4 is 14.8 Å². The number of hydrogen-bond acceptors (Lipinski definition) is 4. The van der Waals surface area contributed by atoms with Crippen molar-refractivity contribution in [2.75, 3.05) is 19.5 Å². The van der Waals surface area contributed by atoms with Crippen LogP contribution in [0, 0.1) is 0 Å². The van der Waals surface area contributed by atoms with Crippen LogP contribution in [-0.2, 0) is 4.79 Å². The molecule has 0 fully saturated rings. The highest BCUT2D eigenvalue weighted by Crippen LogP contribution is 2.27. The number of aromatic nitrogens is 1. The molecule has 3 aromatic rings. The van der Waals surface area contributed by atoms with Gasteiger partial charge in [0.15, 0.2) is 0 Å². The molecule has 1 aromatic heterocycles. The molecule has 0 atom stereocenters. The second-order valence-electron chi connectivity index (χ2n) is 5.75. The molecule has 1 heterocycles. The van der Waals surface area contributed by atoms with Crippen LogP contribution in [0.25, 0.3) is 5.57 Å². The van der Waals surface area contributed by atoms with E-state index in [1.54, 1.807) is 44.8 Å². The topological polar surface area (TPSA) is 60.5 Å². The largest absolute Gasteiger partial charge is 0.497 e. The minimum atomic E-state index is -0.232. The Morgan fingerprint density at radius 2 is 1.44 bits per heavy atom. The van der Waals surface area contributed by atoms with Gasteiger partial charge in [-0.2, -0.15) is 0 Å². The van der Waals surface area contributed by atoms with E-state index in [0.29, 0.717) is 5.69 Å². The van der Waals surface area contributed by atoms with Gasteiger partial charge < -0.3 is 14.8 Å². The highest BCUT2D eigenvalue weighted by atomic mass is 16.5. The number of carbonyl (C=O) groups excluding carboxylic acids is 1. The summed E-state index contributed by atoms with van der Waals surface area (Å²) in [6, 6.07) is 18.7. The molecule has 1 amide bonds. The van der Waals surface area contributed by atoms with Crippen LogP contribution >= 0.6 is 0 Å². The molecule has 0 aliphatic heterocycles. The fourth-order valence-corrected chi connectivity index (χ4v) is 2.62. The van der Waals surface area contributed by atoms with Crippen molar-refractivity contribution in [3.05, 3.63) is 90.3 Å². The maximum absolute atomic E-state index is 12.6. The Labute approximate surface area is 158 Å². The molecule has 5 heteroatoms. The molecule has 0 aliphatic carbocycles. The van der Waals surface area contributed by atoms with Crippen LogP contribution in [0.3, 0.4) is 0 Å². The molecule has 3 rings (SSSR count). The normalized spacial score (nSPS) is 10.0. The Bertz CT molecular complexity index is 869. The third-order valence-corrected chi connectivity index (χ3v) is 4.01. The summed E-state index contributed by atoms with van der Waals surface area (Å²) in [7, 11) is 3.24. The zero-order valence-electron chi connectivity index (χ0n) is 15.2. The van der Waals surface area contributed by atoms with Gasteiger partial charge in [0.2, 0.25) is 5.91 Å². The Balaban J connectivity index is 1.95. The van der Waals surface area contributed by atoms with E-state index >= 15 is 0 Å². The predicted molar refractivity (Wildman–Crippen MR) is 106 cm³/mol. The van der Waals surface area contributed by atoms with Gasteiger partial charge in [0.05, 0.1) is 26.1 Å². The summed E-state index contributed by atoms with van der Waals surface area (Å²) in [5, 5.41) is 2.83. The number of benzene rings is 2. The highest BCUT2D eigenvalue weighted by Gasteiger charge is 2.09. The van der Waals surface area contributed by atoms with Gasteiger partial charge in [-0.25, -0.2) is 0 Å². The zero-order valence-corrected chi connectivity index (χ0v) is 15.2. The number of carbonyl (C=O) groups is 1. The molecule has 0 bridgehead atoms. The van der Waals surface area contributed by atoms with Crippen LogP contribution in [0.5, 0.6) is 11.5 Å². The van der Waals surface area contributed by atoms with Crippen molar-refractivity contribution in [1.29, 1.82) is 0 Å².